The molecule has 0 atom stereocenters. The average Bonchev–Trinajstić information content (AvgIpc) is 3.02. The van der Waals surface area contributed by atoms with Crippen LogP contribution in [0.25, 0.3) is 21.3 Å². The fourth-order valence-corrected chi connectivity index (χ4v) is 3.40. The lowest BCUT2D eigenvalue weighted by atomic mass is 10.1. The number of thiazole rings is 1. The zero-order valence-electron chi connectivity index (χ0n) is 11.1. The molecule has 20 heavy (non-hydrogen) atoms. The van der Waals surface area contributed by atoms with Gasteiger partial charge in [-0.2, -0.15) is 0 Å². The fraction of sp³-hybridized carbons (Fsp3) is 0.125. The molecule has 3 aromatic heterocycles. The van der Waals surface area contributed by atoms with Crippen molar-refractivity contribution in [3.63, 3.8) is 0 Å². The summed E-state index contributed by atoms with van der Waals surface area (Å²) in [6.45, 7) is 2.05. The molecule has 1 aromatic carbocycles. The maximum absolute atomic E-state index is 4.50. The molecule has 0 amide bonds. The molecule has 1 N–H and O–H groups in total. The minimum absolute atomic E-state index is 0.904. The van der Waals surface area contributed by atoms with E-state index in [0.29, 0.717) is 0 Å². The predicted molar refractivity (Wildman–Crippen MR) is 83.3 cm³/mol. The Bertz CT molecular complexity index is 904. The highest BCUT2D eigenvalue weighted by Crippen LogP contribution is 2.24. The van der Waals surface area contributed by atoms with Crippen LogP contribution in [-0.2, 0) is 6.42 Å². The van der Waals surface area contributed by atoms with Gasteiger partial charge in [0, 0.05) is 17.8 Å². The first-order chi connectivity index (χ1) is 9.78. The summed E-state index contributed by atoms with van der Waals surface area (Å²) in [6, 6.07) is 10.8. The first kappa shape index (κ1) is 11.6. The highest BCUT2D eigenvalue weighted by atomic mass is 32.1. The van der Waals surface area contributed by atoms with Crippen LogP contribution < -0.4 is 0 Å². The van der Waals surface area contributed by atoms with Crippen LogP contribution in [0.4, 0.5) is 0 Å². The molecule has 98 valence electrons. The van der Waals surface area contributed by atoms with Gasteiger partial charge in [-0.25, -0.2) is 9.97 Å². The van der Waals surface area contributed by atoms with Gasteiger partial charge in [0.25, 0.3) is 0 Å². The summed E-state index contributed by atoms with van der Waals surface area (Å²) < 4.78 is 1.26. The normalized spacial score (nSPS) is 11.4. The lowest BCUT2D eigenvalue weighted by Crippen LogP contribution is -1.89. The number of nitrogens with one attached hydrogen (secondary N) is 1. The number of aryl methyl sites for hydroxylation is 1. The van der Waals surface area contributed by atoms with Gasteiger partial charge in [-0.05, 0) is 48.7 Å². The number of fused-ring (bicyclic) bond motifs is 2. The molecule has 0 spiro atoms. The van der Waals surface area contributed by atoms with Gasteiger partial charge in [-0.1, -0.05) is 6.07 Å². The van der Waals surface area contributed by atoms with Crippen LogP contribution >= 0.6 is 11.3 Å². The van der Waals surface area contributed by atoms with Crippen molar-refractivity contribution in [3.05, 3.63) is 58.9 Å². The Morgan fingerprint density at radius 3 is 3.05 bits per heavy atom. The second-order valence-corrected chi connectivity index (χ2v) is 6.21. The highest BCUT2D eigenvalue weighted by molar-refractivity contribution is 7.18. The van der Waals surface area contributed by atoms with Crippen molar-refractivity contribution in [2.75, 3.05) is 0 Å². The standard InChI is InChI=1S/C16H13N3S/c1-10-19-14-3-2-11(8-15(14)20-10)6-12-7-13-4-5-17-16(13)18-9-12/h2-5,7-9H,6H2,1H3,(H,17,18). The molecule has 0 aliphatic carbocycles. The summed E-state index contributed by atoms with van der Waals surface area (Å²) in [5.41, 5.74) is 4.58. The Labute approximate surface area is 120 Å². The zero-order chi connectivity index (χ0) is 13.5. The molecule has 0 bridgehead atoms. The summed E-state index contributed by atoms with van der Waals surface area (Å²) in [5.74, 6) is 0. The van der Waals surface area contributed by atoms with Gasteiger partial charge < -0.3 is 4.98 Å². The predicted octanol–water partition coefficient (Wildman–Crippen LogP) is 4.07. The Morgan fingerprint density at radius 2 is 2.10 bits per heavy atom. The highest BCUT2D eigenvalue weighted by Gasteiger charge is 2.04. The number of H-pyrrole nitrogens is 1. The fourth-order valence-electron chi connectivity index (χ4n) is 2.51. The molecule has 0 aliphatic rings. The van der Waals surface area contributed by atoms with Crippen molar-refractivity contribution in [1.82, 2.24) is 15.0 Å². The SMILES string of the molecule is Cc1nc2ccc(Cc3cnc4[nH]ccc4c3)cc2s1. The number of nitrogens with zero attached hydrogens (tertiary/aromatic N) is 2. The maximum atomic E-state index is 4.50. The number of aromatic amines is 1. The summed E-state index contributed by atoms with van der Waals surface area (Å²) >= 11 is 1.75. The van der Waals surface area contributed by atoms with E-state index in [0.717, 1.165) is 28.0 Å². The molecule has 0 saturated heterocycles. The van der Waals surface area contributed by atoms with Crippen molar-refractivity contribution < 1.29 is 0 Å². The van der Waals surface area contributed by atoms with E-state index in [-0.39, 0.29) is 0 Å². The van der Waals surface area contributed by atoms with Gasteiger partial charge >= 0.3 is 0 Å². The summed E-state index contributed by atoms with van der Waals surface area (Å²) in [4.78, 5) is 12.1. The van der Waals surface area contributed by atoms with Gasteiger partial charge in [0.1, 0.15) is 5.65 Å². The molecule has 4 rings (SSSR count). The van der Waals surface area contributed by atoms with Crippen LogP contribution in [-0.4, -0.2) is 15.0 Å². The van der Waals surface area contributed by atoms with Crippen LogP contribution in [0.15, 0.2) is 42.7 Å². The third-order valence-corrected chi connectivity index (χ3v) is 4.36. The summed E-state index contributed by atoms with van der Waals surface area (Å²) in [6.07, 6.45) is 4.77. The average molecular weight is 279 g/mol. The number of aromatic nitrogens is 3. The summed E-state index contributed by atoms with van der Waals surface area (Å²) in [5, 5.41) is 2.28. The lowest BCUT2D eigenvalue weighted by molar-refractivity contribution is 1.16. The molecule has 0 radical (unpaired) electrons. The number of benzene rings is 1. The van der Waals surface area contributed by atoms with E-state index in [9.17, 15) is 0 Å². The maximum Gasteiger partial charge on any atom is 0.137 e. The Kier molecular flexibility index (Phi) is 2.57. The molecule has 4 heteroatoms. The van der Waals surface area contributed by atoms with Gasteiger partial charge in [0.2, 0.25) is 0 Å². The largest absolute Gasteiger partial charge is 0.346 e. The van der Waals surface area contributed by atoms with Crippen LogP contribution in [0.1, 0.15) is 16.1 Å². The molecule has 0 fully saturated rings. The minimum Gasteiger partial charge on any atom is -0.346 e. The second-order valence-electron chi connectivity index (χ2n) is 4.97. The van der Waals surface area contributed by atoms with E-state index in [1.54, 1.807) is 11.3 Å². The Morgan fingerprint density at radius 1 is 1.15 bits per heavy atom. The van der Waals surface area contributed by atoms with Crippen molar-refractivity contribution in [3.8, 4) is 0 Å². The number of hydrogen-bond donors (Lipinski definition) is 1. The van der Waals surface area contributed by atoms with Crippen molar-refractivity contribution in [2.24, 2.45) is 0 Å². The molecule has 0 saturated carbocycles. The van der Waals surface area contributed by atoms with Crippen molar-refractivity contribution in [1.29, 1.82) is 0 Å². The monoisotopic (exact) mass is 279 g/mol. The molecule has 3 nitrogen and oxygen atoms in total. The quantitative estimate of drug-likeness (QED) is 0.601. The topological polar surface area (TPSA) is 41.6 Å². The first-order valence-electron chi connectivity index (χ1n) is 6.56. The van der Waals surface area contributed by atoms with E-state index >= 15 is 0 Å². The van der Waals surface area contributed by atoms with Crippen molar-refractivity contribution in [2.45, 2.75) is 13.3 Å². The summed E-state index contributed by atoms with van der Waals surface area (Å²) in [7, 11) is 0. The van der Waals surface area contributed by atoms with Crippen molar-refractivity contribution >= 4 is 32.6 Å². The van der Waals surface area contributed by atoms with E-state index in [4.69, 9.17) is 0 Å². The number of hydrogen-bond acceptors (Lipinski definition) is 3. The Balaban J connectivity index is 1.71. The third-order valence-electron chi connectivity index (χ3n) is 3.42. The minimum atomic E-state index is 0.904. The van der Waals surface area contributed by atoms with Gasteiger partial charge in [0.15, 0.2) is 0 Å². The molecule has 0 unspecified atom stereocenters. The molecule has 3 heterocycles. The van der Waals surface area contributed by atoms with Gasteiger partial charge in [-0.15, -0.1) is 11.3 Å². The van der Waals surface area contributed by atoms with Crippen LogP contribution in [0.3, 0.4) is 0 Å². The first-order valence-corrected chi connectivity index (χ1v) is 7.38. The van der Waals surface area contributed by atoms with E-state index in [2.05, 4.69) is 45.3 Å². The molecular weight excluding hydrogens is 266 g/mol. The number of rotatable bonds is 2. The van der Waals surface area contributed by atoms with Gasteiger partial charge in [-0.3, -0.25) is 0 Å². The van der Waals surface area contributed by atoms with Gasteiger partial charge in [0.05, 0.1) is 15.2 Å². The zero-order valence-corrected chi connectivity index (χ0v) is 11.9. The number of pyridine rings is 1. The molecule has 0 aliphatic heterocycles. The third kappa shape index (κ3) is 1.98. The Hall–Kier alpha value is -2.20. The smallest absolute Gasteiger partial charge is 0.137 e. The lowest BCUT2D eigenvalue weighted by Gasteiger charge is -2.02. The van der Waals surface area contributed by atoms with Crippen LogP contribution in [0.5, 0.6) is 0 Å². The van der Waals surface area contributed by atoms with Crippen LogP contribution in [0.2, 0.25) is 0 Å². The van der Waals surface area contributed by atoms with E-state index < -0.39 is 0 Å². The van der Waals surface area contributed by atoms with E-state index in [1.807, 2.05) is 19.3 Å². The molecule has 4 aromatic rings. The van der Waals surface area contributed by atoms with Crippen LogP contribution in [0, 0.1) is 6.92 Å². The van der Waals surface area contributed by atoms with E-state index in [1.165, 1.54) is 15.8 Å². The second kappa shape index (κ2) is 4.42. The molecular formula is C16H13N3S.